The van der Waals surface area contributed by atoms with Crippen LogP contribution in [0.15, 0.2) is 53.4 Å². The van der Waals surface area contributed by atoms with Crippen LogP contribution < -0.4 is 10.0 Å². The van der Waals surface area contributed by atoms with Gasteiger partial charge in [-0.2, -0.15) is 0 Å². The predicted octanol–water partition coefficient (Wildman–Crippen LogP) is 2.92. The quantitative estimate of drug-likeness (QED) is 0.664. The summed E-state index contributed by atoms with van der Waals surface area (Å²) in [6, 6.07) is 12.1. The molecule has 2 unspecified atom stereocenters. The first-order chi connectivity index (χ1) is 14.4. The second-order valence-electron chi connectivity index (χ2n) is 7.13. The zero-order valence-electron chi connectivity index (χ0n) is 16.3. The fourth-order valence-electron chi connectivity index (χ4n) is 3.42. The molecule has 1 aliphatic rings. The van der Waals surface area contributed by atoms with Crippen LogP contribution in [0.3, 0.4) is 0 Å². The number of carbonyl (C=O) groups is 1. The summed E-state index contributed by atoms with van der Waals surface area (Å²) in [7, 11) is -4.03. The van der Waals surface area contributed by atoms with Crippen LogP contribution >= 0.6 is 0 Å². The van der Waals surface area contributed by atoms with Crippen LogP contribution in [0.25, 0.3) is 0 Å². The molecule has 2 atom stereocenters. The van der Waals surface area contributed by atoms with Gasteiger partial charge in [-0.15, -0.1) is 0 Å². The largest absolute Gasteiger partial charge is 0.373 e. The standard InChI is InChI=1S/C21H24F2N2O4S/c22-18-9-8-17(13-19(18)23)30(27,28)25-11-10-20(26)24-14-16-7-4-12-29-21(16)15-5-2-1-3-6-15/h1-3,5-6,8-9,13,16,21,25H,4,7,10-12,14H2,(H,24,26). The number of halogens is 2. The predicted molar refractivity (Wildman–Crippen MR) is 107 cm³/mol. The van der Waals surface area contributed by atoms with Crippen molar-refractivity contribution in [3.63, 3.8) is 0 Å². The van der Waals surface area contributed by atoms with Gasteiger partial charge in [-0.1, -0.05) is 30.3 Å². The third-order valence-electron chi connectivity index (χ3n) is 4.98. The van der Waals surface area contributed by atoms with Crippen molar-refractivity contribution in [1.82, 2.24) is 10.0 Å². The highest BCUT2D eigenvalue weighted by Crippen LogP contribution is 2.33. The molecule has 6 nitrogen and oxygen atoms in total. The van der Waals surface area contributed by atoms with Gasteiger partial charge in [-0.3, -0.25) is 4.79 Å². The second-order valence-corrected chi connectivity index (χ2v) is 8.90. The smallest absolute Gasteiger partial charge is 0.240 e. The van der Waals surface area contributed by atoms with E-state index in [-0.39, 0.29) is 30.9 Å². The average Bonchev–Trinajstić information content (AvgIpc) is 2.75. The Morgan fingerprint density at radius 2 is 1.87 bits per heavy atom. The Bertz CT molecular complexity index is 970. The van der Waals surface area contributed by atoms with Gasteiger partial charge in [0, 0.05) is 32.0 Å². The minimum Gasteiger partial charge on any atom is -0.373 e. The molecule has 0 radical (unpaired) electrons. The van der Waals surface area contributed by atoms with E-state index in [4.69, 9.17) is 4.74 Å². The lowest BCUT2D eigenvalue weighted by Crippen LogP contribution is -2.36. The molecule has 1 fully saturated rings. The van der Waals surface area contributed by atoms with Crippen LogP contribution in [0.5, 0.6) is 0 Å². The number of sulfonamides is 1. The lowest BCUT2D eigenvalue weighted by molar-refractivity contribution is -0.121. The number of nitrogens with one attached hydrogen (secondary N) is 2. The van der Waals surface area contributed by atoms with Crippen molar-refractivity contribution in [2.75, 3.05) is 19.7 Å². The van der Waals surface area contributed by atoms with Gasteiger partial charge < -0.3 is 10.1 Å². The normalized spacial score (nSPS) is 19.4. The minimum atomic E-state index is -4.03. The van der Waals surface area contributed by atoms with Crippen molar-refractivity contribution in [1.29, 1.82) is 0 Å². The fraction of sp³-hybridized carbons (Fsp3) is 0.381. The highest BCUT2D eigenvalue weighted by Gasteiger charge is 2.27. The number of hydrogen-bond donors (Lipinski definition) is 2. The first-order valence-electron chi connectivity index (χ1n) is 9.75. The molecule has 0 aromatic heterocycles. The van der Waals surface area contributed by atoms with Gasteiger partial charge in [0.15, 0.2) is 11.6 Å². The van der Waals surface area contributed by atoms with E-state index in [0.717, 1.165) is 30.5 Å². The molecule has 9 heteroatoms. The Morgan fingerprint density at radius 3 is 2.60 bits per heavy atom. The molecule has 2 N–H and O–H groups in total. The van der Waals surface area contributed by atoms with Crippen molar-refractivity contribution >= 4 is 15.9 Å². The van der Waals surface area contributed by atoms with Gasteiger partial charge >= 0.3 is 0 Å². The van der Waals surface area contributed by atoms with E-state index in [1.165, 1.54) is 0 Å². The third kappa shape index (κ3) is 5.84. The van der Waals surface area contributed by atoms with Crippen LogP contribution in [-0.2, 0) is 19.6 Å². The molecular formula is C21H24F2N2O4S. The molecule has 1 amide bonds. The van der Waals surface area contributed by atoms with Gasteiger partial charge in [0.2, 0.25) is 15.9 Å². The van der Waals surface area contributed by atoms with E-state index in [9.17, 15) is 22.0 Å². The van der Waals surface area contributed by atoms with E-state index in [0.29, 0.717) is 19.2 Å². The maximum Gasteiger partial charge on any atom is 0.240 e. The maximum absolute atomic E-state index is 13.2. The summed E-state index contributed by atoms with van der Waals surface area (Å²) in [5.41, 5.74) is 1.07. The molecular weight excluding hydrogens is 414 g/mol. The molecule has 30 heavy (non-hydrogen) atoms. The van der Waals surface area contributed by atoms with Gasteiger partial charge in [0.05, 0.1) is 11.0 Å². The summed E-state index contributed by atoms with van der Waals surface area (Å²) in [4.78, 5) is 11.8. The average molecular weight is 438 g/mol. The Kier molecular flexibility index (Phi) is 7.52. The lowest BCUT2D eigenvalue weighted by Gasteiger charge is -2.32. The van der Waals surface area contributed by atoms with E-state index in [2.05, 4.69) is 10.0 Å². The molecule has 0 aliphatic carbocycles. The van der Waals surface area contributed by atoms with Gasteiger partial charge in [-0.05, 0) is 36.6 Å². The Labute approximate surface area is 174 Å². The summed E-state index contributed by atoms with van der Waals surface area (Å²) in [5.74, 6) is -2.56. The topological polar surface area (TPSA) is 84.5 Å². The first kappa shape index (κ1) is 22.3. The second kappa shape index (κ2) is 10.1. The zero-order valence-corrected chi connectivity index (χ0v) is 17.1. The van der Waals surface area contributed by atoms with Crippen molar-refractivity contribution in [3.8, 4) is 0 Å². The number of hydrogen-bond acceptors (Lipinski definition) is 4. The van der Waals surface area contributed by atoms with E-state index < -0.39 is 26.6 Å². The molecule has 1 aliphatic heterocycles. The van der Waals surface area contributed by atoms with Gasteiger partial charge in [0.1, 0.15) is 0 Å². The van der Waals surface area contributed by atoms with Crippen LogP contribution in [0.1, 0.15) is 30.9 Å². The minimum absolute atomic E-state index is 0.0769. The van der Waals surface area contributed by atoms with Crippen LogP contribution in [-0.4, -0.2) is 34.0 Å². The third-order valence-corrected chi connectivity index (χ3v) is 6.44. The molecule has 3 rings (SSSR count). The summed E-state index contributed by atoms with van der Waals surface area (Å²) in [5, 5.41) is 2.83. The molecule has 162 valence electrons. The number of amides is 1. The van der Waals surface area contributed by atoms with Crippen LogP contribution in [0, 0.1) is 17.6 Å². The van der Waals surface area contributed by atoms with Gasteiger partial charge in [-0.25, -0.2) is 21.9 Å². The SMILES string of the molecule is O=C(CCNS(=O)(=O)c1ccc(F)c(F)c1)NCC1CCCOC1c1ccccc1. The van der Waals surface area contributed by atoms with Crippen molar-refractivity contribution in [2.24, 2.45) is 5.92 Å². The number of ether oxygens (including phenoxy) is 1. The Hall–Kier alpha value is -2.36. The Morgan fingerprint density at radius 1 is 1.10 bits per heavy atom. The summed E-state index contributed by atoms with van der Waals surface area (Å²) in [6.07, 6.45) is 1.67. The molecule has 2 aromatic carbocycles. The zero-order chi connectivity index (χ0) is 21.6. The van der Waals surface area contributed by atoms with E-state index >= 15 is 0 Å². The van der Waals surface area contributed by atoms with Crippen molar-refractivity contribution in [3.05, 3.63) is 65.7 Å². The summed E-state index contributed by atoms with van der Waals surface area (Å²) in [6.45, 7) is 0.945. The summed E-state index contributed by atoms with van der Waals surface area (Å²) < 4.78 is 58.6. The molecule has 1 heterocycles. The maximum atomic E-state index is 13.2. The molecule has 0 bridgehead atoms. The molecule has 1 saturated heterocycles. The number of carbonyl (C=O) groups excluding carboxylic acids is 1. The summed E-state index contributed by atoms with van der Waals surface area (Å²) >= 11 is 0. The highest BCUT2D eigenvalue weighted by molar-refractivity contribution is 7.89. The fourth-order valence-corrected chi connectivity index (χ4v) is 4.47. The Balaban J connectivity index is 1.48. The van der Waals surface area contributed by atoms with Crippen molar-refractivity contribution in [2.45, 2.75) is 30.3 Å². The molecule has 2 aromatic rings. The monoisotopic (exact) mass is 438 g/mol. The molecule has 0 saturated carbocycles. The first-order valence-corrected chi connectivity index (χ1v) is 11.2. The van der Waals surface area contributed by atoms with Gasteiger partial charge in [0.25, 0.3) is 0 Å². The van der Waals surface area contributed by atoms with E-state index in [1.54, 1.807) is 0 Å². The van der Waals surface area contributed by atoms with E-state index in [1.807, 2.05) is 30.3 Å². The van der Waals surface area contributed by atoms with Crippen molar-refractivity contribution < 1.29 is 26.7 Å². The molecule has 0 spiro atoms. The van der Waals surface area contributed by atoms with Crippen LogP contribution in [0.4, 0.5) is 8.78 Å². The number of rotatable bonds is 8. The highest BCUT2D eigenvalue weighted by atomic mass is 32.2. The van der Waals surface area contributed by atoms with Crippen LogP contribution in [0.2, 0.25) is 0 Å². The number of benzene rings is 2. The lowest BCUT2D eigenvalue weighted by atomic mass is 9.89.